The van der Waals surface area contributed by atoms with E-state index in [4.69, 9.17) is 0 Å². The molecule has 3 atom stereocenters. The van der Waals surface area contributed by atoms with Crippen molar-refractivity contribution in [3.8, 4) is 6.07 Å². The molecule has 8 heteroatoms. The molecule has 7 nitrogen and oxygen atoms in total. The van der Waals surface area contributed by atoms with Gasteiger partial charge in [0.15, 0.2) is 0 Å². The smallest absolute Gasteiger partial charge is 0.238 e. The van der Waals surface area contributed by atoms with Crippen LogP contribution in [0, 0.1) is 20.3 Å². The van der Waals surface area contributed by atoms with Gasteiger partial charge >= 0.3 is 0 Å². The molecule has 0 radical (unpaired) electrons. The van der Waals surface area contributed by atoms with E-state index in [0.717, 1.165) is 53.2 Å². The van der Waals surface area contributed by atoms with Crippen LogP contribution in [-0.2, 0) is 15.0 Å². The van der Waals surface area contributed by atoms with Crippen LogP contribution in [0.2, 0.25) is 0 Å². The third-order valence-electron chi connectivity index (χ3n) is 10.2. The van der Waals surface area contributed by atoms with E-state index in [2.05, 4.69) is 64.5 Å². The molecule has 2 aromatic carbocycles. The molecule has 2 spiro atoms. The van der Waals surface area contributed by atoms with Crippen LogP contribution in [0.3, 0.4) is 0 Å². The molecule has 0 unspecified atom stereocenters. The average Bonchev–Trinajstić information content (AvgIpc) is 3.39. The summed E-state index contributed by atoms with van der Waals surface area (Å²) in [6.07, 6.45) is 5.98. The Morgan fingerprint density at radius 3 is 2.48 bits per heavy atom. The van der Waals surface area contributed by atoms with Crippen molar-refractivity contribution in [2.45, 2.75) is 100 Å². The molecule has 2 heterocycles. The number of amides is 2. The van der Waals surface area contributed by atoms with E-state index in [9.17, 15) is 20.0 Å². The number of halogens is 1. The molecule has 1 saturated heterocycles. The van der Waals surface area contributed by atoms with Crippen molar-refractivity contribution in [2.24, 2.45) is 5.41 Å². The molecule has 2 amide bonds. The maximum atomic E-state index is 14.6. The van der Waals surface area contributed by atoms with E-state index >= 15 is 0 Å². The number of nitriles is 1. The highest BCUT2D eigenvalue weighted by Gasteiger charge is 2.72. The van der Waals surface area contributed by atoms with Crippen LogP contribution < -0.4 is 16.0 Å². The molecular formula is C32H37IN4O3. The Hall–Kier alpha value is -2.48. The van der Waals surface area contributed by atoms with Gasteiger partial charge in [-0.1, -0.05) is 32.0 Å². The highest BCUT2D eigenvalue weighted by Crippen LogP contribution is 2.63. The lowest BCUT2D eigenvalue weighted by atomic mass is 9.53. The molecule has 2 aromatic rings. The van der Waals surface area contributed by atoms with Crippen molar-refractivity contribution in [1.29, 1.82) is 5.26 Å². The summed E-state index contributed by atoms with van der Waals surface area (Å²) in [6.45, 7) is 4.56. The van der Waals surface area contributed by atoms with Crippen molar-refractivity contribution in [1.82, 2.24) is 10.6 Å². The average molecular weight is 653 g/mol. The summed E-state index contributed by atoms with van der Waals surface area (Å²) < 4.78 is 1.05. The summed E-state index contributed by atoms with van der Waals surface area (Å²) in [7, 11) is 0. The lowest BCUT2D eigenvalue weighted by Gasteiger charge is -2.50. The van der Waals surface area contributed by atoms with Crippen molar-refractivity contribution in [3.63, 3.8) is 0 Å². The van der Waals surface area contributed by atoms with E-state index in [1.165, 1.54) is 0 Å². The van der Waals surface area contributed by atoms with Crippen molar-refractivity contribution in [2.75, 3.05) is 5.32 Å². The lowest BCUT2D eigenvalue weighted by molar-refractivity contribution is -0.125. The third-order valence-corrected chi connectivity index (χ3v) is 10.8. The number of rotatable bonds is 3. The number of nitrogens with zero attached hydrogens (tertiary/aromatic N) is 1. The molecule has 0 bridgehead atoms. The molecule has 2 aliphatic carbocycles. The van der Waals surface area contributed by atoms with Crippen LogP contribution in [0.4, 0.5) is 5.69 Å². The zero-order valence-electron chi connectivity index (χ0n) is 23.1. The van der Waals surface area contributed by atoms with Crippen LogP contribution in [0.1, 0.15) is 87.8 Å². The molecule has 6 rings (SSSR count). The number of carbonyl (C=O) groups excluding carboxylic acids is 2. The van der Waals surface area contributed by atoms with E-state index in [-0.39, 0.29) is 29.4 Å². The van der Waals surface area contributed by atoms with Gasteiger partial charge in [-0.05, 0) is 115 Å². The first kappa shape index (κ1) is 27.7. The Balaban J connectivity index is 1.52. The summed E-state index contributed by atoms with van der Waals surface area (Å²) in [4.78, 5) is 28.8. The summed E-state index contributed by atoms with van der Waals surface area (Å²) in [5.41, 5.74) is 1.53. The quantitative estimate of drug-likeness (QED) is 0.354. The monoisotopic (exact) mass is 652 g/mol. The van der Waals surface area contributed by atoms with Gasteiger partial charge in [0.1, 0.15) is 5.41 Å². The zero-order chi connectivity index (χ0) is 28.3. The fraction of sp³-hybridized carbons (Fsp3) is 0.531. The molecule has 2 saturated carbocycles. The maximum absolute atomic E-state index is 14.6. The Bertz CT molecular complexity index is 1380. The number of fused-ring (bicyclic) bond motifs is 3. The van der Waals surface area contributed by atoms with Crippen LogP contribution in [-0.4, -0.2) is 40.6 Å². The fourth-order valence-corrected chi connectivity index (χ4v) is 8.56. The topological polar surface area (TPSA) is 114 Å². The first-order valence-electron chi connectivity index (χ1n) is 14.5. The van der Waals surface area contributed by atoms with Gasteiger partial charge in [0.2, 0.25) is 11.8 Å². The van der Waals surface area contributed by atoms with E-state index in [0.29, 0.717) is 24.1 Å². The minimum atomic E-state index is -1.01. The van der Waals surface area contributed by atoms with E-state index < -0.39 is 22.9 Å². The van der Waals surface area contributed by atoms with Gasteiger partial charge in [0.05, 0.1) is 23.8 Å². The molecular weight excluding hydrogens is 615 g/mol. The Kier molecular flexibility index (Phi) is 6.99. The number of aliphatic hydroxyl groups is 1. The second-order valence-corrected chi connectivity index (χ2v) is 14.3. The van der Waals surface area contributed by atoms with Gasteiger partial charge in [-0.2, -0.15) is 5.26 Å². The first-order chi connectivity index (χ1) is 19.1. The predicted molar refractivity (Wildman–Crippen MR) is 162 cm³/mol. The Labute approximate surface area is 249 Å². The van der Waals surface area contributed by atoms with Crippen molar-refractivity contribution < 1.29 is 14.7 Å². The number of aliphatic hydroxyl groups excluding tert-OH is 1. The highest BCUT2D eigenvalue weighted by atomic mass is 127. The Morgan fingerprint density at radius 1 is 1.07 bits per heavy atom. The lowest BCUT2D eigenvalue weighted by Crippen LogP contribution is -2.61. The minimum Gasteiger partial charge on any atom is -0.393 e. The number of carbonyl (C=O) groups is 2. The second kappa shape index (κ2) is 10.1. The molecule has 4 aliphatic rings. The van der Waals surface area contributed by atoms with Crippen molar-refractivity contribution >= 4 is 40.1 Å². The summed E-state index contributed by atoms with van der Waals surface area (Å²) in [5, 5.41) is 29.9. The van der Waals surface area contributed by atoms with E-state index in [1.807, 2.05) is 24.3 Å². The molecule has 210 valence electrons. The largest absolute Gasteiger partial charge is 0.393 e. The first-order valence-corrected chi connectivity index (χ1v) is 15.5. The summed E-state index contributed by atoms with van der Waals surface area (Å²) in [5.74, 6) is -0.613. The maximum Gasteiger partial charge on any atom is 0.238 e. The molecule has 40 heavy (non-hydrogen) atoms. The van der Waals surface area contributed by atoms with Crippen LogP contribution >= 0.6 is 22.6 Å². The summed E-state index contributed by atoms with van der Waals surface area (Å²) >= 11 is 2.30. The van der Waals surface area contributed by atoms with Gasteiger partial charge in [0, 0.05) is 26.8 Å². The predicted octanol–water partition coefficient (Wildman–Crippen LogP) is 4.87. The number of benzene rings is 2. The SMILES string of the molecule is CC1(C)CCC2(CC1)N[C@@H](C(=O)NC1CCC(O)CC1)[C@H](c1cccc(I)c1)[C@]21C(=O)Nc2cc(C#N)ccc21. The summed E-state index contributed by atoms with van der Waals surface area (Å²) in [6, 6.07) is 15.3. The number of anilines is 1. The normalized spacial score (nSPS) is 31.9. The van der Waals surface area contributed by atoms with Gasteiger partial charge < -0.3 is 15.7 Å². The molecule has 3 fully saturated rings. The van der Waals surface area contributed by atoms with Crippen LogP contribution in [0.15, 0.2) is 42.5 Å². The Morgan fingerprint density at radius 2 is 1.80 bits per heavy atom. The van der Waals surface area contributed by atoms with Gasteiger partial charge in [-0.15, -0.1) is 0 Å². The van der Waals surface area contributed by atoms with Gasteiger partial charge in [-0.25, -0.2) is 0 Å². The van der Waals surface area contributed by atoms with Gasteiger partial charge in [-0.3, -0.25) is 14.9 Å². The number of hydrogen-bond acceptors (Lipinski definition) is 5. The van der Waals surface area contributed by atoms with Gasteiger partial charge in [0.25, 0.3) is 0 Å². The molecule has 0 aromatic heterocycles. The molecule has 4 N–H and O–H groups in total. The fourth-order valence-electron chi connectivity index (χ4n) is 7.99. The second-order valence-electron chi connectivity index (χ2n) is 13.0. The minimum absolute atomic E-state index is 0.00919. The van der Waals surface area contributed by atoms with Crippen LogP contribution in [0.5, 0.6) is 0 Å². The van der Waals surface area contributed by atoms with Crippen molar-refractivity contribution in [3.05, 3.63) is 62.7 Å². The highest BCUT2D eigenvalue weighted by molar-refractivity contribution is 14.1. The van der Waals surface area contributed by atoms with E-state index in [1.54, 1.807) is 12.1 Å². The standard InChI is InChI=1S/C32H37IN4O3/c1-30(2)12-14-31(15-13-30)32(24-11-6-19(18-34)16-25(24)36-29(32)40)26(20-4-3-5-21(33)17-20)27(37-31)28(39)35-22-7-9-23(38)10-8-22/h3-6,11,16-17,22-23,26-27,37-38H,7-10,12-15H2,1-2H3,(H,35,39)(H,36,40)/t22?,23?,26-,27+,32+/m0/s1. The third kappa shape index (κ3) is 4.36. The van der Waals surface area contributed by atoms with Crippen LogP contribution in [0.25, 0.3) is 0 Å². The zero-order valence-corrected chi connectivity index (χ0v) is 25.3. The number of hydrogen-bond donors (Lipinski definition) is 4. The number of nitrogens with one attached hydrogen (secondary N) is 3. The molecule has 2 aliphatic heterocycles.